The molecule has 0 aliphatic heterocycles. The number of ether oxygens (including phenoxy) is 1. The van der Waals surface area contributed by atoms with Gasteiger partial charge < -0.3 is 9.84 Å². The van der Waals surface area contributed by atoms with E-state index in [0.717, 1.165) is 25.9 Å². The Morgan fingerprint density at radius 3 is 0.943 bits per heavy atom. The van der Waals surface area contributed by atoms with E-state index in [0.29, 0.717) is 0 Å². The molecule has 1 atom stereocenters. The molecule has 0 aromatic rings. The van der Waals surface area contributed by atoms with Gasteiger partial charge in [-0.1, -0.05) is 181 Å². The fourth-order valence-electron chi connectivity index (χ4n) is 5.11. The number of unbranched alkanes of at least 4 members (excludes halogenated alkanes) is 26. The lowest BCUT2D eigenvalue weighted by atomic mass is 10.0. The fourth-order valence-corrected chi connectivity index (χ4v) is 5.11. The zero-order valence-electron chi connectivity index (χ0n) is 24.6. The normalized spacial score (nSPS) is 12.4. The van der Waals surface area contributed by atoms with Crippen LogP contribution in [0.3, 0.4) is 0 Å². The first-order valence-corrected chi connectivity index (χ1v) is 16.6. The van der Waals surface area contributed by atoms with Gasteiger partial charge in [0.2, 0.25) is 0 Å². The SMILES string of the molecule is CCCCCCCCCCCCCCCCCOC(O)CCCCCCCCCCCCCCC. The Hall–Kier alpha value is -0.0800. The van der Waals surface area contributed by atoms with Gasteiger partial charge in [-0.25, -0.2) is 0 Å². The molecule has 0 aliphatic rings. The lowest BCUT2D eigenvalue weighted by Gasteiger charge is -2.12. The molecule has 2 heteroatoms. The van der Waals surface area contributed by atoms with E-state index in [4.69, 9.17) is 4.74 Å². The van der Waals surface area contributed by atoms with E-state index in [1.165, 1.54) is 167 Å². The van der Waals surface area contributed by atoms with E-state index in [9.17, 15) is 5.11 Å². The molecule has 0 saturated carbocycles. The molecule has 212 valence electrons. The van der Waals surface area contributed by atoms with E-state index >= 15 is 0 Å². The van der Waals surface area contributed by atoms with Crippen LogP contribution in [0.1, 0.15) is 200 Å². The van der Waals surface area contributed by atoms with Crippen LogP contribution in [-0.4, -0.2) is 18.0 Å². The molecule has 0 aliphatic carbocycles. The summed E-state index contributed by atoms with van der Waals surface area (Å²) < 4.78 is 5.62. The second-order valence-electron chi connectivity index (χ2n) is 11.3. The van der Waals surface area contributed by atoms with Gasteiger partial charge in [0.05, 0.1) is 0 Å². The minimum atomic E-state index is -0.533. The third kappa shape index (κ3) is 31.9. The average Bonchev–Trinajstić information content (AvgIpc) is 2.86. The molecular weight excluding hydrogens is 428 g/mol. The van der Waals surface area contributed by atoms with Gasteiger partial charge in [0.1, 0.15) is 0 Å². The smallest absolute Gasteiger partial charge is 0.154 e. The molecular formula is C33H68O2. The highest BCUT2D eigenvalue weighted by Crippen LogP contribution is 2.15. The zero-order chi connectivity index (χ0) is 25.5. The topological polar surface area (TPSA) is 29.5 Å². The van der Waals surface area contributed by atoms with Crippen molar-refractivity contribution in [3.05, 3.63) is 0 Å². The summed E-state index contributed by atoms with van der Waals surface area (Å²) in [6, 6.07) is 0. The summed E-state index contributed by atoms with van der Waals surface area (Å²) in [6.45, 7) is 5.31. The van der Waals surface area contributed by atoms with E-state index in [2.05, 4.69) is 13.8 Å². The van der Waals surface area contributed by atoms with Gasteiger partial charge in [0.25, 0.3) is 0 Å². The molecule has 0 radical (unpaired) electrons. The average molecular weight is 497 g/mol. The molecule has 0 amide bonds. The summed E-state index contributed by atoms with van der Waals surface area (Å²) in [7, 11) is 0. The molecule has 1 N–H and O–H groups in total. The second kappa shape index (κ2) is 31.9. The van der Waals surface area contributed by atoms with Crippen LogP contribution < -0.4 is 0 Å². The van der Waals surface area contributed by atoms with Crippen molar-refractivity contribution < 1.29 is 9.84 Å². The lowest BCUT2D eigenvalue weighted by Crippen LogP contribution is -2.12. The van der Waals surface area contributed by atoms with Gasteiger partial charge in [-0.05, 0) is 19.3 Å². The Balaban J connectivity index is 3.13. The molecule has 35 heavy (non-hydrogen) atoms. The van der Waals surface area contributed by atoms with Gasteiger partial charge >= 0.3 is 0 Å². The summed E-state index contributed by atoms with van der Waals surface area (Å²) in [5.41, 5.74) is 0. The Labute approximate surface area is 222 Å². The predicted octanol–water partition coefficient (Wildman–Crippen LogP) is 11.7. The maximum absolute atomic E-state index is 10.0. The van der Waals surface area contributed by atoms with Crippen LogP contribution >= 0.6 is 0 Å². The van der Waals surface area contributed by atoms with Crippen molar-refractivity contribution in [3.8, 4) is 0 Å². The predicted molar refractivity (Wildman–Crippen MR) is 157 cm³/mol. The number of aliphatic hydroxyl groups excluding tert-OH is 1. The van der Waals surface area contributed by atoms with Crippen molar-refractivity contribution in [2.45, 2.75) is 206 Å². The summed E-state index contributed by atoms with van der Waals surface area (Å²) in [5, 5.41) is 10.0. The van der Waals surface area contributed by atoms with Crippen LogP contribution in [-0.2, 0) is 4.74 Å². The largest absolute Gasteiger partial charge is 0.368 e. The van der Waals surface area contributed by atoms with Crippen LogP contribution in [0.25, 0.3) is 0 Å². The molecule has 0 saturated heterocycles. The Kier molecular flexibility index (Phi) is 31.9. The molecule has 0 rings (SSSR count). The van der Waals surface area contributed by atoms with Gasteiger partial charge in [-0.3, -0.25) is 0 Å². The highest BCUT2D eigenvalue weighted by atomic mass is 16.6. The van der Waals surface area contributed by atoms with Gasteiger partial charge in [-0.2, -0.15) is 0 Å². The number of hydrogen-bond acceptors (Lipinski definition) is 2. The van der Waals surface area contributed by atoms with E-state index in [1.54, 1.807) is 0 Å². The van der Waals surface area contributed by atoms with Gasteiger partial charge in [0, 0.05) is 6.61 Å². The third-order valence-corrected chi connectivity index (χ3v) is 7.61. The Morgan fingerprint density at radius 1 is 0.371 bits per heavy atom. The quantitative estimate of drug-likeness (QED) is 0.0763. The lowest BCUT2D eigenvalue weighted by molar-refractivity contribution is -0.105. The van der Waals surface area contributed by atoms with Crippen LogP contribution in [0.4, 0.5) is 0 Å². The van der Waals surface area contributed by atoms with Crippen LogP contribution in [0.2, 0.25) is 0 Å². The van der Waals surface area contributed by atoms with E-state index in [-0.39, 0.29) is 0 Å². The second-order valence-corrected chi connectivity index (χ2v) is 11.3. The van der Waals surface area contributed by atoms with Crippen molar-refractivity contribution in [1.82, 2.24) is 0 Å². The molecule has 0 aromatic carbocycles. The molecule has 1 unspecified atom stereocenters. The minimum Gasteiger partial charge on any atom is -0.368 e. The first-order valence-electron chi connectivity index (χ1n) is 16.6. The monoisotopic (exact) mass is 497 g/mol. The number of aliphatic hydroxyl groups is 1. The maximum atomic E-state index is 10.0. The highest BCUT2D eigenvalue weighted by molar-refractivity contribution is 4.52. The molecule has 2 nitrogen and oxygen atoms in total. The third-order valence-electron chi connectivity index (χ3n) is 7.61. The van der Waals surface area contributed by atoms with Crippen molar-refractivity contribution in [2.24, 2.45) is 0 Å². The standard InChI is InChI=1S/C33H68O2/c1-3-5-7-9-11-13-15-17-18-20-22-24-26-28-30-32-35-33(34)31-29-27-25-23-21-19-16-14-12-10-8-6-4-2/h33-34H,3-32H2,1-2H3. The summed E-state index contributed by atoms with van der Waals surface area (Å²) in [5.74, 6) is 0. The number of hydrogen-bond donors (Lipinski definition) is 1. The Bertz CT molecular complexity index is 357. The van der Waals surface area contributed by atoms with Crippen LogP contribution in [0.5, 0.6) is 0 Å². The van der Waals surface area contributed by atoms with Crippen LogP contribution in [0.15, 0.2) is 0 Å². The zero-order valence-corrected chi connectivity index (χ0v) is 24.6. The summed E-state index contributed by atoms with van der Waals surface area (Å²) in [6.07, 6.45) is 38.9. The fraction of sp³-hybridized carbons (Fsp3) is 1.00. The first kappa shape index (κ1) is 34.9. The summed E-state index contributed by atoms with van der Waals surface area (Å²) >= 11 is 0. The highest BCUT2D eigenvalue weighted by Gasteiger charge is 2.03. The van der Waals surface area contributed by atoms with Gasteiger partial charge in [-0.15, -0.1) is 0 Å². The molecule has 0 heterocycles. The Morgan fingerprint density at radius 2 is 0.629 bits per heavy atom. The van der Waals surface area contributed by atoms with E-state index in [1.807, 2.05) is 0 Å². The summed E-state index contributed by atoms with van der Waals surface area (Å²) in [4.78, 5) is 0. The number of rotatable bonds is 31. The molecule has 0 bridgehead atoms. The van der Waals surface area contributed by atoms with Crippen molar-refractivity contribution >= 4 is 0 Å². The van der Waals surface area contributed by atoms with Crippen molar-refractivity contribution in [2.75, 3.05) is 6.61 Å². The maximum Gasteiger partial charge on any atom is 0.154 e. The molecule has 0 aromatic heterocycles. The van der Waals surface area contributed by atoms with Crippen molar-refractivity contribution in [3.63, 3.8) is 0 Å². The van der Waals surface area contributed by atoms with Crippen molar-refractivity contribution in [1.29, 1.82) is 0 Å². The molecule has 0 spiro atoms. The van der Waals surface area contributed by atoms with E-state index < -0.39 is 6.29 Å². The minimum absolute atomic E-state index is 0.533. The first-order chi connectivity index (χ1) is 17.3. The molecule has 0 fully saturated rings. The van der Waals surface area contributed by atoms with Crippen LogP contribution in [0, 0.1) is 0 Å². The van der Waals surface area contributed by atoms with Gasteiger partial charge in [0.15, 0.2) is 6.29 Å².